The standard InChI is InChI=1S/C15H18N2O3/c18-14(17-7-1-2-12(9-17)15(19)20)11-3-4-13-10(8-11)5-6-16-13/h3-4,8,12,16H,1-2,5-7,9H2,(H,19,20)/t12-/m1/s1. The predicted molar refractivity (Wildman–Crippen MR) is 74.9 cm³/mol. The summed E-state index contributed by atoms with van der Waals surface area (Å²) in [4.78, 5) is 25.2. The van der Waals surface area contributed by atoms with Gasteiger partial charge in [0.05, 0.1) is 5.92 Å². The Bertz CT molecular complexity index is 556. The lowest BCUT2D eigenvalue weighted by atomic mass is 9.97. The van der Waals surface area contributed by atoms with Crippen LogP contribution in [0, 0.1) is 5.92 Å². The van der Waals surface area contributed by atoms with E-state index in [9.17, 15) is 9.59 Å². The van der Waals surface area contributed by atoms with Crippen molar-refractivity contribution >= 4 is 17.6 Å². The lowest BCUT2D eigenvalue weighted by molar-refractivity contribution is -0.143. The molecule has 3 rings (SSSR count). The molecule has 0 saturated carbocycles. The molecule has 2 heterocycles. The van der Waals surface area contributed by atoms with Crippen molar-refractivity contribution in [3.05, 3.63) is 29.3 Å². The summed E-state index contributed by atoms with van der Waals surface area (Å²) in [6.45, 7) is 1.89. The molecule has 5 nitrogen and oxygen atoms in total. The number of carboxylic acids is 1. The number of anilines is 1. The lowest BCUT2D eigenvalue weighted by Gasteiger charge is -2.30. The van der Waals surface area contributed by atoms with E-state index in [1.807, 2.05) is 18.2 Å². The van der Waals surface area contributed by atoms with Crippen molar-refractivity contribution in [2.24, 2.45) is 5.92 Å². The average Bonchev–Trinajstić information content (AvgIpc) is 2.94. The molecule has 0 bridgehead atoms. The molecule has 20 heavy (non-hydrogen) atoms. The third kappa shape index (κ3) is 2.35. The Labute approximate surface area is 117 Å². The summed E-state index contributed by atoms with van der Waals surface area (Å²) in [5, 5.41) is 12.4. The maximum Gasteiger partial charge on any atom is 0.308 e. The summed E-state index contributed by atoms with van der Waals surface area (Å²) in [5.41, 5.74) is 2.93. The number of rotatable bonds is 2. The Balaban J connectivity index is 1.76. The smallest absolute Gasteiger partial charge is 0.308 e. The second-order valence-corrected chi connectivity index (χ2v) is 5.48. The SMILES string of the molecule is O=C(O)[C@@H]1CCCN(C(=O)c2ccc3c(c2)CCN3)C1. The minimum absolute atomic E-state index is 0.0503. The number of benzene rings is 1. The Hall–Kier alpha value is -2.04. The summed E-state index contributed by atoms with van der Waals surface area (Å²) in [7, 11) is 0. The maximum atomic E-state index is 12.5. The largest absolute Gasteiger partial charge is 0.481 e. The normalized spacial score (nSPS) is 21.2. The molecule has 106 valence electrons. The van der Waals surface area contributed by atoms with Crippen molar-refractivity contribution in [2.45, 2.75) is 19.3 Å². The first kappa shape index (κ1) is 13.0. The minimum Gasteiger partial charge on any atom is -0.481 e. The van der Waals surface area contributed by atoms with Crippen LogP contribution in [0.25, 0.3) is 0 Å². The van der Waals surface area contributed by atoms with Gasteiger partial charge in [-0.3, -0.25) is 9.59 Å². The van der Waals surface area contributed by atoms with Crippen molar-refractivity contribution in [1.82, 2.24) is 4.90 Å². The van der Waals surface area contributed by atoms with Gasteiger partial charge in [-0.2, -0.15) is 0 Å². The van der Waals surface area contributed by atoms with Crippen LogP contribution in [0.4, 0.5) is 5.69 Å². The molecule has 0 unspecified atom stereocenters. The topological polar surface area (TPSA) is 69.6 Å². The van der Waals surface area contributed by atoms with Gasteiger partial charge in [0.25, 0.3) is 5.91 Å². The second-order valence-electron chi connectivity index (χ2n) is 5.48. The van der Waals surface area contributed by atoms with Crippen LogP contribution >= 0.6 is 0 Å². The fourth-order valence-corrected chi connectivity index (χ4v) is 2.98. The van der Waals surface area contributed by atoms with Crippen LogP contribution in [0.1, 0.15) is 28.8 Å². The molecule has 0 aromatic heterocycles. The van der Waals surface area contributed by atoms with Crippen LogP contribution in [-0.4, -0.2) is 41.5 Å². The summed E-state index contributed by atoms with van der Waals surface area (Å²) in [6, 6.07) is 5.69. The molecule has 2 aliphatic rings. The number of carbonyl (C=O) groups is 2. The highest BCUT2D eigenvalue weighted by Crippen LogP contribution is 2.25. The van der Waals surface area contributed by atoms with E-state index in [0.717, 1.165) is 25.1 Å². The van der Waals surface area contributed by atoms with E-state index in [2.05, 4.69) is 5.32 Å². The van der Waals surface area contributed by atoms with Gasteiger partial charge in [0.2, 0.25) is 0 Å². The van der Waals surface area contributed by atoms with E-state index in [0.29, 0.717) is 25.1 Å². The summed E-state index contributed by atoms with van der Waals surface area (Å²) in [6.07, 6.45) is 2.36. The molecule has 0 radical (unpaired) electrons. The minimum atomic E-state index is -0.805. The number of aliphatic carboxylic acids is 1. The van der Waals surface area contributed by atoms with E-state index >= 15 is 0 Å². The van der Waals surface area contributed by atoms with Gasteiger partial charge in [-0.15, -0.1) is 0 Å². The van der Waals surface area contributed by atoms with E-state index in [1.165, 1.54) is 5.56 Å². The van der Waals surface area contributed by atoms with Crippen molar-refractivity contribution in [2.75, 3.05) is 25.0 Å². The first-order valence-electron chi connectivity index (χ1n) is 7.04. The summed E-state index contributed by atoms with van der Waals surface area (Å²) >= 11 is 0. The van der Waals surface area contributed by atoms with Crippen LogP contribution in [0.3, 0.4) is 0 Å². The molecule has 2 aliphatic heterocycles. The van der Waals surface area contributed by atoms with Crippen molar-refractivity contribution in [1.29, 1.82) is 0 Å². The zero-order valence-corrected chi connectivity index (χ0v) is 11.3. The van der Waals surface area contributed by atoms with Crippen LogP contribution in [-0.2, 0) is 11.2 Å². The average molecular weight is 274 g/mol. The summed E-state index contributed by atoms with van der Waals surface area (Å²) in [5.74, 6) is -1.28. The van der Waals surface area contributed by atoms with E-state index in [1.54, 1.807) is 4.90 Å². The second kappa shape index (κ2) is 5.15. The fourth-order valence-electron chi connectivity index (χ4n) is 2.98. The van der Waals surface area contributed by atoms with Gasteiger partial charge in [0.1, 0.15) is 0 Å². The molecule has 1 atom stereocenters. The highest BCUT2D eigenvalue weighted by Gasteiger charge is 2.29. The first-order valence-corrected chi connectivity index (χ1v) is 7.04. The van der Waals surface area contributed by atoms with Gasteiger partial charge in [0.15, 0.2) is 0 Å². The fraction of sp³-hybridized carbons (Fsp3) is 0.467. The zero-order chi connectivity index (χ0) is 14.1. The quantitative estimate of drug-likeness (QED) is 0.859. The summed E-state index contributed by atoms with van der Waals surface area (Å²) < 4.78 is 0. The van der Waals surface area contributed by atoms with Gasteiger partial charge < -0.3 is 15.3 Å². The molecule has 0 aliphatic carbocycles. The number of likely N-dealkylation sites (tertiary alicyclic amines) is 1. The third-order valence-electron chi connectivity index (χ3n) is 4.12. The molecule has 1 aromatic rings. The van der Waals surface area contributed by atoms with Gasteiger partial charge in [-0.25, -0.2) is 0 Å². The van der Waals surface area contributed by atoms with Crippen molar-refractivity contribution < 1.29 is 14.7 Å². The molecule has 5 heteroatoms. The number of nitrogens with zero attached hydrogens (tertiary/aromatic N) is 1. The molecule has 1 fully saturated rings. The molecule has 1 saturated heterocycles. The van der Waals surface area contributed by atoms with E-state index < -0.39 is 11.9 Å². The number of piperidine rings is 1. The highest BCUT2D eigenvalue weighted by molar-refractivity contribution is 5.95. The number of carbonyl (C=O) groups excluding carboxylic acids is 1. The van der Waals surface area contributed by atoms with Crippen molar-refractivity contribution in [3.63, 3.8) is 0 Å². The number of fused-ring (bicyclic) bond motifs is 1. The van der Waals surface area contributed by atoms with Crippen LogP contribution in [0.5, 0.6) is 0 Å². The first-order chi connectivity index (χ1) is 9.65. The maximum absolute atomic E-state index is 12.5. The lowest BCUT2D eigenvalue weighted by Crippen LogP contribution is -2.42. The van der Waals surface area contributed by atoms with Crippen molar-refractivity contribution in [3.8, 4) is 0 Å². The third-order valence-corrected chi connectivity index (χ3v) is 4.12. The predicted octanol–water partition coefficient (Wildman–Crippen LogP) is 1.59. The molecule has 2 N–H and O–H groups in total. The zero-order valence-electron chi connectivity index (χ0n) is 11.3. The van der Waals surface area contributed by atoms with E-state index in [4.69, 9.17) is 5.11 Å². The monoisotopic (exact) mass is 274 g/mol. The molecule has 0 spiro atoms. The molecular weight excluding hydrogens is 256 g/mol. The Kier molecular flexibility index (Phi) is 3.34. The number of amides is 1. The van der Waals surface area contributed by atoms with Crippen LogP contribution < -0.4 is 5.32 Å². The number of hydrogen-bond acceptors (Lipinski definition) is 3. The van der Waals surface area contributed by atoms with Gasteiger partial charge in [0, 0.05) is 30.9 Å². The van der Waals surface area contributed by atoms with Gasteiger partial charge >= 0.3 is 5.97 Å². The molecule has 1 amide bonds. The van der Waals surface area contributed by atoms with Crippen LogP contribution in [0.2, 0.25) is 0 Å². The number of nitrogens with one attached hydrogen (secondary N) is 1. The van der Waals surface area contributed by atoms with Gasteiger partial charge in [-0.05, 0) is 43.0 Å². The number of hydrogen-bond donors (Lipinski definition) is 2. The van der Waals surface area contributed by atoms with E-state index in [-0.39, 0.29) is 5.91 Å². The molecule has 1 aromatic carbocycles. The Morgan fingerprint density at radius 2 is 2.20 bits per heavy atom. The Morgan fingerprint density at radius 3 is 3.00 bits per heavy atom. The number of carboxylic acid groups (broad SMARTS) is 1. The highest BCUT2D eigenvalue weighted by atomic mass is 16.4. The Morgan fingerprint density at radius 1 is 1.35 bits per heavy atom. The molecular formula is C15H18N2O3. The van der Waals surface area contributed by atoms with Gasteiger partial charge in [-0.1, -0.05) is 0 Å². The van der Waals surface area contributed by atoms with Crippen LogP contribution in [0.15, 0.2) is 18.2 Å².